The summed E-state index contributed by atoms with van der Waals surface area (Å²) in [6.45, 7) is 8.37. The maximum atomic E-state index is 5.82. The zero-order valence-corrected chi connectivity index (χ0v) is 12.9. The second kappa shape index (κ2) is 6.52. The van der Waals surface area contributed by atoms with Crippen LogP contribution in [0, 0.1) is 0 Å². The Labute approximate surface area is 125 Å². The highest BCUT2D eigenvalue weighted by Gasteiger charge is 2.26. The summed E-state index contributed by atoms with van der Waals surface area (Å²) in [6, 6.07) is 7.62. The van der Waals surface area contributed by atoms with Crippen LogP contribution < -0.4 is 10.5 Å². The number of rotatable bonds is 5. The maximum absolute atomic E-state index is 5.82. The summed E-state index contributed by atoms with van der Waals surface area (Å²) in [5.74, 6) is 0.757. The van der Waals surface area contributed by atoms with E-state index in [1.165, 1.54) is 0 Å². The van der Waals surface area contributed by atoms with E-state index in [1.54, 1.807) is 0 Å². The topological polar surface area (TPSA) is 47.7 Å². The highest BCUT2D eigenvalue weighted by Crippen LogP contribution is 2.19. The van der Waals surface area contributed by atoms with Crippen molar-refractivity contribution in [3.05, 3.63) is 29.8 Å². The third kappa shape index (κ3) is 4.16. The molecule has 5 heteroatoms. The van der Waals surface area contributed by atoms with Crippen molar-refractivity contribution >= 4 is 17.2 Å². The molecule has 0 aromatic heterocycles. The minimum absolute atomic E-state index is 0.0744. The minimum Gasteiger partial charge on any atom is -0.492 e. The number of hydrogen-bond donors (Lipinski definition) is 1. The SMILES string of the molecule is CC1(C)CN(CCOc2ccccc2C(N)=S)CCO1. The van der Waals surface area contributed by atoms with Crippen molar-refractivity contribution in [3.63, 3.8) is 0 Å². The van der Waals surface area contributed by atoms with Crippen molar-refractivity contribution in [3.8, 4) is 5.75 Å². The van der Waals surface area contributed by atoms with E-state index in [2.05, 4.69) is 18.7 Å². The average molecular weight is 294 g/mol. The number of thiocarbonyl (C=S) groups is 1. The minimum atomic E-state index is -0.0744. The zero-order valence-electron chi connectivity index (χ0n) is 12.1. The molecule has 0 bridgehead atoms. The first-order valence-electron chi connectivity index (χ1n) is 6.86. The predicted octanol–water partition coefficient (Wildman–Crippen LogP) is 1.81. The van der Waals surface area contributed by atoms with Gasteiger partial charge < -0.3 is 15.2 Å². The molecule has 4 nitrogen and oxygen atoms in total. The first-order valence-corrected chi connectivity index (χ1v) is 7.27. The molecule has 1 aromatic carbocycles. The van der Waals surface area contributed by atoms with E-state index < -0.39 is 0 Å². The van der Waals surface area contributed by atoms with E-state index in [1.807, 2.05) is 24.3 Å². The fraction of sp³-hybridized carbons (Fsp3) is 0.533. The van der Waals surface area contributed by atoms with Crippen molar-refractivity contribution in [1.29, 1.82) is 0 Å². The fourth-order valence-corrected chi connectivity index (χ4v) is 2.55. The molecule has 2 N–H and O–H groups in total. The number of benzene rings is 1. The molecular formula is C15H22N2O2S. The number of ether oxygens (including phenoxy) is 2. The molecule has 0 spiro atoms. The van der Waals surface area contributed by atoms with Crippen LogP contribution in [-0.4, -0.2) is 48.3 Å². The maximum Gasteiger partial charge on any atom is 0.129 e. The second-order valence-electron chi connectivity index (χ2n) is 5.59. The van der Waals surface area contributed by atoms with Crippen LogP contribution in [0.15, 0.2) is 24.3 Å². The van der Waals surface area contributed by atoms with Crippen LogP contribution in [0.3, 0.4) is 0 Å². The summed E-state index contributed by atoms with van der Waals surface area (Å²) in [5, 5.41) is 0. The van der Waals surface area contributed by atoms with Crippen molar-refractivity contribution in [1.82, 2.24) is 4.90 Å². The highest BCUT2D eigenvalue weighted by molar-refractivity contribution is 7.80. The first kappa shape index (κ1) is 15.2. The Morgan fingerprint density at radius 2 is 2.20 bits per heavy atom. The third-order valence-corrected chi connectivity index (χ3v) is 3.54. The molecule has 0 radical (unpaired) electrons. The van der Waals surface area contributed by atoms with Crippen molar-refractivity contribution in [2.24, 2.45) is 5.73 Å². The molecule has 0 saturated carbocycles. The molecular weight excluding hydrogens is 272 g/mol. The molecule has 2 rings (SSSR count). The highest BCUT2D eigenvalue weighted by atomic mass is 32.1. The number of para-hydroxylation sites is 1. The van der Waals surface area contributed by atoms with Gasteiger partial charge in [-0.2, -0.15) is 0 Å². The number of nitrogens with zero attached hydrogens (tertiary/aromatic N) is 1. The largest absolute Gasteiger partial charge is 0.492 e. The standard InChI is InChI=1S/C15H22N2O2S/c1-15(2)11-17(8-10-19-15)7-9-18-13-6-4-3-5-12(13)14(16)20/h3-6H,7-11H2,1-2H3,(H2,16,20). The molecule has 1 aliphatic heterocycles. The Kier molecular flexibility index (Phi) is 4.96. The van der Waals surface area contributed by atoms with Crippen LogP contribution in [0.1, 0.15) is 19.4 Å². The van der Waals surface area contributed by atoms with Gasteiger partial charge in [0.25, 0.3) is 0 Å². The van der Waals surface area contributed by atoms with E-state index in [0.29, 0.717) is 11.6 Å². The Hall–Kier alpha value is -1.17. The van der Waals surface area contributed by atoms with E-state index in [9.17, 15) is 0 Å². The van der Waals surface area contributed by atoms with Crippen LogP contribution >= 0.6 is 12.2 Å². The normalized spacial score (nSPS) is 18.7. The van der Waals surface area contributed by atoms with Crippen LogP contribution in [0.5, 0.6) is 5.75 Å². The molecule has 1 saturated heterocycles. The Morgan fingerprint density at radius 3 is 2.90 bits per heavy atom. The lowest BCUT2D eigenvalue weighted by Crippen LogP contribution is -2.49. The molecule has 0 aliphatic carbocycles. The second-order valence-corrected chi connectivity index (χ2v) is 6.03. The predicted molar refractivity (Wildman–Crippen MR) is 84.3 cm³/mol. The van der Waals surface area contributed by atoms with Gasteiger partial charge in [0.05, 0.1) is 17.8 Å². The Morgan fingerprint density at radius 1 is 1.45 bits per heavy atom. The van der Waals surface area contributed by atoms with Gasteiger partial charge in [0.15, 0.2) is 0 Å². The monoisotopic (exact) mass is 294 g/mol. The van der Waals surface area contributed by atoms with Crippen LogP contribution in [0.4, 0.5) is 0 Å². The molecule has 0 atom stereocenters. The van der Waals surface area contributed by atoms with Gasteiger partial charge >= 0.3 is 0 Å². The third-order valence-electron chi connectivity index (χ3n) is 3.32. The smallest absolute Gasteiger partial charge is 0.129 e. The number of morpholine rings is 1. The van der Waals surface area contributed by atoms with Crippen molar-refractivity contribution < 1.29 is 9.47 Å². The summed E-state index contributed by atoms with van der Waals surface area (Å²) >= 11 is 5.03. The van der Waals surface area contributed by atoms with E-state index in [4.69, 9.17) is 27.4 Å². The molecule has 0 amide bonds. The molecule has 20 heavy (non-hydrogen) atoms. The molecule has 1 aliphatic rings. The lowest BCUT2D eigenvalue weighted by Gasteiger charge is -2.38. The summed E-state index contributed by atoms with van der Waals surface area (Å²) in [6.07, 6.45) is 0. The first-order chi connectivity index (χ1) is 9.48. The van der Waals surface area contributed by atoms with E-state index >= 15 is 0 Å². The molecule has 1 fully saturated rings. The summed E-state index contributed by atoms with van der Waals surface area (Å²) in [4.78, 5) is 2.72. The van der Waals surface area contributed by atoms with Gasteiger partial charge in [-0.3, -0.25) is 4.90 Å². The van der Waals surface area contributed by atoms with Gasteiger partial charge in [0.2, 0.25) is 0 Å². The number of nitrogens with two attached hydrogens (primary N) is 1. The van der Waals surface area contributed by atoms with Crippen LogP contribution in [-0.2, 0) is 4.74 Å². The van der Waals surface area contributed by atoms with Gasteiger partial charge in [-0.1, -0.05) is 24.4 Å². The van der Waals surface area contributed by atoms with Gasteiger partial charge in [-0.05, 0) is 26.0 Å². The lowest BCUT2D eigenvalue weighted by atomic mass is 10.1. The molecule has 110 valence electrons. The quantitative estimate of drug-likeness (QED) is 0.839. The van der Waals surface area contributed by atoms with Gasteiger partial charge in [0.1, 0.15) is 17.3 Å². The Bertz CT molecular complexity index is 477. The van der Waals surface area contributed by atoms with Crippen molar-refractivity contribution in [2.75, 3.05) is 32.8 Å². The van der Waals surface area contributed by atoms with E-state index in [0.717, 1.165) is 37.6 Å². The fourth-order valence-electron chi connectivity index (χ4n) is 2.39. The number of hydrogen-bond acceptors (Lipinski definition) is 4. The Balaban J connectivity index is 1.86. The zero-order chi connectivity index (χ0) is 14.6. The summed E-state index contributed by atoms with van der Waals surface area (Å²) < 4.78 is 11.5. The average Bonchev–Trinajstić information content (AvgIpc) is 2.38. The molecule has 0 unspecified atom stereocenters. The summed E-state index contributed by atoms with van der Waals surface area (Å²) in [7, 11) is 0. The van der Waals surface area contributed by atoms with E-state index in [-0.39, 0.29) is 5.60 Å². The van der Waals surface area contributed by atoms with Gasteiger partial charge in [0, 0.05) is 19.6 Å². The van der Waals surface area contributed by atoms with Crippen molar-refractivity contribution in [2.45, 2.75) is 19.4 Å². The lowest BCUT2D eigenvalue weighted by molar-refractivity contribution is -0.0875. The van der Waals surface area contributed by atoms with Gasteiger partial charge in [-0.25, -0.2) is 0 Å². The van der Waals surface area contributed by atoms with Crippen LogP contribution in [0.25, 0.3) is 0 Å². The summed E-state index contributed by atoms with van der Waals surface area (Å²) in [5.41, 5.74) is 6.41. The molecule has 1 heterocycles. The van der Waals surface area contributed by atoms with Gasteiger partial charge in [-0.15, -0.1) is 0 Å². The van der Waals surface area contributed by atoms with Crippen LogP contribution in [0.2, 0.25) is 0 Å². The molecule has 1 aromatic rings.